The number of carbonyl (C=O) groups excluding carboxylic acids is 1. The fourth-order valence-corrected chi connectivity index (χ4v) is 7.94. The van der Waals surface area contributed by atoms with E-state index in [0.717, 1.165) is 25.7 Å². The number of ketones is 1. The number of carbonyl (C=O) groups is 2. The molecule has 1 aliphatic heterocycles. The van der Waals surface area contributed by atoms with Gasteiger partial charge in [0.1, 0.15) is 16.4 Å². The number of Topliss-reactive ketones (excluding diaryl/α,β-unsaturated/α-hetero) is 1. The van der Waals surface area contributed by atoms with Crippen molar-refractivity contribution < 1.29 is 33.5 Å². The lowest BCUT2D eigenvalue weighted by Crippen LogP contribution is -2.20. The van der Waals surface area contributed by atoms with Crippen molar-refractivity contribution in [1.82, 2.24) is 0 Å². The van der Waals surface area contributed by atoms with Crippen LogP contribution in [0.4, 0.5) is 0 Å². The highest BCUT2D eigenvalue weighted by Gasteiger charge is 2.47. The molecule has 2 N–H and O–H groups in total. The highest BCUT2D eigenvalue weighted by Crippen LogP contribution is 2.52. The third-order valence-corrected chi connectivity index (χ3v) is 9.46. The largest absolute Gasteiger partial charge is 0.507 e. The van der Waals surface area contributed by atoms with Crippen molar-refractivity contribution in [3.8, 4) is 11.5 Å². The second-order valence-electron chi connectivity index (χ2n) is 8.93. The summed E-state index contributed by atoms with van der Waals surface area (Å²) in [5, 5.41) is 19.6. The van der Waals surface area contributed by atoms with Gasteiger partial charge in [-0.15, -0.1) is 11.8 Å². The van der Waals surface area contributed by atoms with Gasteiger partial charge in [-0.2, -0.15) is 0 Å². The molecule has 0 aromatic heterocycles. The first-order chi connectivity index (χ1) is 15.7. The Morgan fingerprint density at radius 2 is 2.15 bits per heavy atom. The van der Waals surface area contributed by atoms with Crippen LogP contribution < -0.4 is 4.74 Å². The normalized spacial score (nSPS) is 25.4. The van der Waals surface area contributed by atoms with Crippen molar-refractivity contribution in [3.63, 3.8) is 0 Å². The number of phenolic OH excluding ortho intramolecular Hbond substituents is 1. The first kappa shape index (κ1) is 26.0. The molecule has 1 heterocycles. The lowest BCUT2D eigenvalue weighted by atomic mass is 10.0. The Morgan fingerprint density at radius 3 is 2.85 bits per heavy atom. The van der Waals surface area contributed by atoms with E-state index in [1.54, 1.807) is 23.9 Å². The van der Waals surface area contributed by atoms with Crippen molar-refractivity contribution in [1.29, 1.82) is 0 Å². The smallest absolute Gasteiger partial charge is 0.303 e. The summed E-state index contributed by atoms with van der Waals surface area (Å²) in [5.74, 6) is 0.874. The molecule has 2 aliphatic rings. The van der Waals surface area contributed by atoms with E-state index in [0.29, 0.717) is 54.4 Å². The highest BCUT2D eigenvalue weighted by atomic mass is 32.2. The number of thioether (sulfide) groups is 1. The van der Waals surface area contributed by atoms with Crippen LogP contribution in [0.3, 0.4) is 0 Å². The number of phenols is 1. The summed E-state index contributed by atoms with van der Waals surface area (Å²) in [6.07, 6.45) is 4.74. The maximum Gasteiger partial charge on any atom is 0.303 e. The molecule has 33 heavy (non-hydrogen) atoms. The number of carboxylic acid groups (broad SMARTS) is 1. The van der Waals surface area contributed by atoms with E-state index in [9.17, 15) is 18.9 Å². The molecule has 4 atom stereocenters. The van der Waals surface area contributed by atoms with E-state index >= 15 is 0 Å². The molecule has 1 aromatic rings. The SMILES string of the molecule is CCCc1c(OCCCS(=O)CC2COC3(CCC(CC(=O)O)C3)S2)ccc(C(C)=O)c1O. The predicted molar refractivity (Wildman–Crippen MR) is 130 cm³/mol. The van der Waals surface area contributed by atoms with Gasteiger partial charge in [-0.1, -0.05) is 13.3 Å². The Balaban J connectivity index is 1.42. The van der Waals surface area contributed by atoms with Crippen molar-refractivity contribution >= 4 is 34.3 Å². The first-order valence-electron chi connectivity index (χ1n) is 11.6. The summed E-state index contributed by atoms with van der Waals surface area (Å²) in [5.41, 5.74) is 0.950. The summed E-state index contributed by atoms with van der Waals surface area (Å²) in [6.45, 7) is 4.38. The van der Waals surface area contributed by atoms with Gasteiger partial charge in [0.2, 0.25) is 0 Å². The molecule has 2 fully saturated rings. The molecule has 0 bridgehead atoms. The van der Waals surface area contributed by atoms with Crippen LogP contribution in [0, 0.1) is 5.92 Å². The first-order valence-corrected chi connectivity index (χ1v) is 14.0. The summed E-state index contributed by atoms with van der Waals surface area (Å²) < 4.78 is 24.5. The van der Waals surface area contributed by atoms with Crippen LogP contribution >= 0.6 is 11.8 Å². The van der Waals surface area contributed by atoms with E-state index in [2.05, 4.69) is 0 Å². The van der Waals surface area contributed by atoms with Crippen molar-refractivity contribution in [2.45, 2.75) is 69.0 Å². The Morgan fingerprint density at radius 1 is 1.36 bits per heavy atom. The van der Waals surface area contributed by atoms with Gasteiger partial charge in [-0.25, -0.2) is 0 Å². The Kier molecular flexibility index (Phi) is 9.24. The van der Waals surface area contributed by atoms with Gasteiger partial charge < -0.3 is 19.7 Å². The summed E-state index contributed by atoms with van der Waals surface area (Å²) in [4.78, 5) is 22.4. The highest BCUT2D eigenvalue weighted by molar-refractivity contribution is 8.02. The average molecular weight is 499 g/mol. The molecule has 3 rings (SSSR count). The predicted octanol–water partition coefficient (Wildman–Crippen LogP) is 4.17. The van der Waals surface area contributed by atoms with Crippen LogP contribution in [-0.2, 0) is 26.8 Å². The third-order valence-electron chi connectivity index (χ3n) is 6.17. The van der Waals surface area contributed by atoms with E-state index in [-0.39, 0.29) is 34.1 Å². The molecule has 1 aliphatic carbocycles. The molecule has 0 radical (unpaired) electrons. The number of hydrogen-bond acceptors (Lipinski definition) is 7. The van der Waals surface area contributed by atoms with E-state index in [4.69, 9.17) is 14.6 Å². The van der Waals surface area contributed by atoms with Gasteiger partial charge in [-0.3, -0.25) is 13.8 Å². The lowest BCUT2D eigenvalue weighted by molar-refractivity contribution is -0.138. The molecular formula is C24H34O7S2. The number of carboxylic acids is 1. The molecule has 184 valence electrons. The molecule has 9 heteroatoms. The second kappa shape index (κ2) is 11.7. The zero-order valence-electron chi connectivity index (χ0n) is 19.3. The van der Waals surface area contributed by atoms with Gasteiger partial charge in [0, 0.05) is 39.5 Å². The third kappa shape index (κ3) is 6.96. The number of hydrogen-bond donors (Lipinski definition) is 2. The van der Waals surface area contributed by atoms with Crippen LogP contribution in [0.25, 0.3) is 0 Å². The number of rotatable bonds is 12. The van der Waals surface area contributed by atoms with Crippen molar-refractivity contribution in [3.05, 3.63) is 23.3 Å². The number of aromatic hydroxyl groups is 1. The van der Waals surface area contributed by atoms with Gasteiger partial charge in [-0.05, 0) is 57.1 Å². The molecule has 1 aromatic carbocycles. The standard InChI is InChI=1S/C24H34O7S2/c1-3-5-20-21(7-6-19(16(2)25)23(20)28)30-10-4-11-33(29)15-18-14-31-24(32-18)9-8-17(13-24)12-22(26)27/h6-7,17-18,28H,3-5,8-15H2,1-2H3,(H,26,27). The number of benzene rings is 1. The molecule has 1 saturated heterocycles. The summed E-state index contributed by atoms with van der Waals surface area (Å²) >= 11 is 1.73. The van der Waals surface area contributed by atoms with Crippen LogP contribution in [-0.4, -0.2) is 61.1 Å². The maximum absolute atomic E-state index is 12.6. The van der Waals surface area contributed by atoms with Crippen LogP contribution in [0.5, 0.6) is 11.5 Å². The Bertz CT molecular complexity index is 888. The van der Waals surface area contributed by atoms with Gasteiger partial charge in [0.15, 0.2) is 5.78 Å². The fraction of sp³-hybridized carbons (Fsp3) is 0.667. The summed E-state index contributed by atoms with van der Waals surface area (Å²) in [6, 6.07) is 3.31. The van der Waals surface area contributed by atoms with Gasteiger partial charge >= 0.3 is 5.97 Å². The second-order valence-corrected chi connectivity index (χ2v) is 12.2. The monoisotopic (exact) mass is 498 g/mol. The minimum atomic E-state index is -0.994. The maximum atomic E-state index is 12.6. The molecule has 1 saturated carbocycles. The van der Waals surface area contributed by atoms with Gasteiger partial charge in [0.05, 0.1) is 18.8 Å². The molecule has 0 amide bonds. The van der Waals surface area contributed by atoms with E-state index in [1.807, 2.05) is 6.92 Å². The zero-order chi connectivity index (χ0) is 24.0. The number of aliphatic carboxylic acids is 1. The quantitative estimate of drug-likeness (QED) is 0.326. The topological polar surface area (TPSA) is 110 Å². The molecule has 7 nitrogen and oxygen atoms in total. The molecule has 1 spiro atoms. The molecular weight excluding hydrogens is 464 g/mol. The number of ether oxygens (including phenoxy) is 2. The summed E-state index contributed by atoms with van der Waals surface area (Å²) in [7, 11) is -0.994. The van der Waals surface area contributed by atoms with Gasteiger partial charge in [0.25, 0.3) is 0 Å². The Hall–Kier alpha value is -1.58. The van der Waals surface area contributed by atoms with Crippen molar-refractivity contribution in [2.24, 2.45) is 5.92 Å². The van der Waals surface area contributed by atoms with Crippen LogP contribution in [0.2, 0.25) is 0 Å². The van der Waals surface area contributed by atoms with Crippen molar-refractivity contribution in [2.75, 3.05) is 24.7 Å². The van der Waals surface area contributed by atoms with E-state index in [1.165, 1.54) is 6.92 Å². The Labute approximate surface area is 202 Å². The van der Waals surface area contributed by atoms with Crippen LogP contribution in [0.15, 0.2) is 12.1 Å². The van der Waals surface area contributed by atoms with Crippen LogP contribution in [0.1, 0.15) is 68.3 Å². The average Bonchev–Trinajstić information content (AvgIpc) is 3.32. The fourth-order valence-electron chi connectivity index (χ4n) is 4.65. The lowest BCUT2D eigenvalue weighted by Gasteiger charge is -2.21. The zero-order valence-corrected chi connectivity index (χ0v) is 21.0. The minimum Gasteiger partial charge on any atom is -0.507 e. The molecule has 4 unspecified atom stereocenters. The minimum absolute atomic E-state index is 0.00452. The van der Waals surface area contributed by atoms with E-state index < -0.39 is 16.8 Å².